The molecule has 94 valence electrons. The number of carbonyl (C=O) groups is 1. The largest absolute Gasteiger partial charge is 0.462 e. The van der Waals surface area contributed by atoms with Crippen LogP contribution in [0.15, 0.2) is 0 Å². The van der Waals surface area contributed by atoms with Gasteiger partial charge in [-0.25, -0.2) is 0 Å². The highest BCUT2D eigenvalue weighted by molar-refractivity contribution is 6.26. The van der Waals surface area contributed by atoms with Crippen molar-refractivity contribution >= 4 is 16.2 Å². The molecule has 1 aliphatic carbocycles. The molecule has 0 aliphatic heterocycles. The van der Waals surface area contributed by atoms with Gasteiger partial charge in [0, 0.05) is 10.2 Å². The number of rotatable bonds is 5. The molecular weight excluding hydrogens is 216 g/mol. The van der Waals surface area contributed by atoms with Crippen LogP contribution in [0.4, 0.5) is 0 Å². The van der Waals surface area contributed by atoms with E-state index in [0.717, 1.165) is 35.9 Å². The Kier molecular flexibility index (Phi) is 5.03. The minimum absolute atomic E-state index is 0.0621. The number of carbonyl (C=O) groups excluding carboxylic acids is 1. The van der Waals surface area contributed by atoms with Crippen LogP contribution in [-0.4, -0.2) is 22.3 Å². The lowest BCUT2D eigenvalue weighted by molar-refractivity contribution is -0.153. The van der Waals surface area contributed by atoms with Crippen LogP contribution in [0.1, 0.15) is 59.3 Å². The van der Waals surface area contributed by atoms with Gasteiger partial charge in [-0.2, -0.15) is 0 Å². The smallest absolute Gasteiger partial charge is 0.308 e. The van der Waals surface area contributed by atoms with Gasteiger partial charge in [0.25, 0.3) is 0 Å². The summed E-state index contributed by atoms with van der Waals surface area (Å²) < 4.78 is 5.64. The van der Waals surface area contributed by atoms with Crippen LogP contribution >= 0.6 is 0 Å². The quantitative estimate of drug-likeness (QED) is 0.547. The molecule has 0 heterocycles. The lowest BCUT2D eigenvalue weighted by atomic mass is 9.90. The maximum atomic E-state index is 12.1. The Bertz CT molecular complexity index is 232. The van der Waals surface area contributed by atoms with Crippen LogP contribution in [0.2, 0.25) is 5.04 Å². The standard InChI is InChI=1S/C13H26O2Si/c1-4-7-10(2)13(3,16)12(14)15-11-8-5-6-9-11/h10-11H,4-9H2,1-3,16H3. The highest BCUT2D eigenvalue weighted by Crippen LogP contribution is 2.37. The molecule has 0 bridgehead atoms. The Morgan fingerprint density at radius 3 is 2.56 bits per heavy atom. The van der Waals surface area contributed by atoms with E-state index in [2.05, 4.69) is 20.8 Å². The molecule has 0 spiro atoms. The molecule has 2 nitrogen and oxygen atoms in total. The van der Waals surface area contributed by atoms with Crippen molar-refractivity contribution < 1.29 is 9.53 Å². The lowest BCUT2D eigenvalue weighted by Gasteiger charge is -2.30. The topological polar surface area (TPSA) is 26.3 Å². The van der Waals surface area contributed by atoms with Gasteiger partial charge in [0.2, 0.25) is 0 Å². The predicted molar refractivity (Wildman–Crippen MR) is 70.7 cm³/mol. The van der Waals surface area contributed by atoms with E-state index in [1.165, 1.54) is 12.8 Å². The van der Waals surface area contributed by atoms with Crippen molar-refractivity contribution in [3.05, 3.63) is 0 Å². The van der Waals surface area contributed by atoms with Gasteiger partial charge in [0.1, 0.15) is 6.10 Å². The van der Waals surface area contributed by atoms with E-state index in [1.54, 1.807) is 0 Å². The molecule has 0 radical (unpaired) electrons. The molecule has 0 N–H and O–H groups in total. The summed E-state index contributed by atoms with van der Waals surface area (Å²) >= 11 is 0. The normalized spacial score (nSPS) is 22.9. The molecule has 0 aromatic rings. The summed E-state index contributed by atoms with van der Waals surface area (Å²) in [5, 5.41) is -0.196. The molecule has 1 saturated carbocycles. The monoisotopic (exact) mass is 242 g/mol. The van der Waals surface area contributed by atoms with Crippen molar-refractivity contribution in [1.29, 1.82) is 0 Å². The predicted octanol–water partition coefficient (Wildman–Crippen LogP) is 2.45. The van der Waals surface area contributed by atoms with E-state index in [9.17, 15) is 4.79 Å². The van der Waals surface area contributed by atoms with E-state index in [-0.39, 0.29) is 17.1 Å². The Morgan fingerprint density at radius 1 is 1.50 bits per heavy atom. The SMILES string of the molecule is CCCC(C)C(C)([SiH3])C(=O)OC1CCCC1. The maximum Gasteiger partial charge on any atom is 0.308 e. The van der Waals surface area contributed by atoms with E-state index in [0.29, 0.717) is 5.92 Å². The zero-order valence-electron chi connectivity index (χ0n) is 11.2. The molecule has 1 fully saturated rings. The van der Waals surface area contributed by atoms with Gasteiger partial charge < -0.3 is 4.74 Å². The Labute approximate surface area is 103 Å². The Morgan fingerprint density at radius 2 is 2.06 bits per heavy atom. The fraction of sp³-hybridized carbons (Fsp3) is 0.923. The van der Waals surface area contributed by atoms with Gasteiger partial charge in [-0.05, 0) is 31.6 Å². The summed E-state index contributed by atoms with van der Waals surface area (Å²) in [7, 11) is 0.887. The second-order valence-corrected chi connectivity index (χ2v) is 7.80. The molecule has 0 amide bonds. The number of hydrogen-bond acceptors (Lipinski definition) is 2. The summed E-state index contributed by atoms with van der Waals surface area (Å²) in [6, 6.07) is 0. The third-order valence-electron chi connectivity index (χ3n) is 4.06. The first-order valence-corrected chi connectivity index (χ1v) is 7.69. The first kappa shape index (κ1) is 13.8. The van der Waals surface area contributed by atoms with Gasteiger partial charge in [0.05, 0.1) is 5.04 Å². The molecule has 0 saturated heterocycles. The van der Waals surface area contributed by atoms with E-state index < -0.39 is 0 Å². The summed E-state index contributed by atoms with van der Waals surface area (Å²) in [5.41, 5.74) is 0. The van der Waals surface area contributed by atoms with Crippen LogP contribution in [-0.2, 0) is 9.53 Å². The summed E-state index contributed by atoms with van der Waals surface area (Å²) in [4.78, 5) is 12.1. The summed E-state index contributed by atoms with van der Waals surface area (Å²) in [6.45, 7) is 6.44. The molecule has 1 rings (SSSR count). The van der Waals surface area contributed by atoms with Gasteiger partial charge in [-0.1, -0.05) is 33.6 Å². The van der Waals surface area contributed by atoms with Crippen molar-refractivity contribution in [3.8, 4) is 0 Å². The van der Waals surface area contributed by atoms with Crippen molar-refractivity contribution in [1.82, 2.24) is 0 Å². The molecular formula is C13H26O2Si. The van der Waals surface area contributed by atoms with Crippen molar-refractivity contribution in [2.24, 2.45) is 5.92 Å². The van der Waals surface area contributed by atoms with Crippen LogP contribution < -0.4 is 0 Å². The zero-order chi connectivity index (χ0) is 12.2. The van der Waals surface area contributed by atoms with Crippen molar-refractivity contribution in [3.63, 3.8) is 0 Å². The van der Waals surface area contributed by atoms with Crippen LogP contribution in [0, 0.1) is 5.92 Å². The average Bonchev–Trinajstić information content (AvgIpc) is 2.70. The number of esters is 1. The summed E-state index contributed by atoms with van der Waals surface area (Å²) in [5.74, 6) is 0.519. The zero-order valence-corrected chi connectivity index (χ0v) is 13.2. The molecule has 2 unspecified atom stereocenters. The fourth-order valence-electron chi connectivity index (χ4n) is 2.30. The highest BCUT2D eigenvalue weighted by Gasteiger charge is 2.36. The molecule has 16 heavy (non-hydrogen) atoms. The van der Waals surface area contributed by atoms with Gasteiger partial charge >= 0.3 is 5.97 Å². The van der Waals surface area contributed by atoms with E-state index in [1.807, 2.05) is 0 Å². The molecule has 0 aromatic heterocycles. The highest BCUT2D eigenvalue weighted by atomic mass is 28.1. The Balaban J connectivity index is 2.49. The van der Waals surface area contributed by atoms with Crippen molar-refractivity contribution in [2.75, 3.05) is 0 Å². The van der Waals surface area contributed by atoms with Crippen LogP contribution in [0.25, 0.3) is 0 Å². The third kappa shape index (κ3) is 3.34. The second kappa shape index (κ2) is 5.85. The lowest BCUT2D eigenvalue weighted by Crippen LogP contribution is -2.32. The average molecular weight is 242 g/mol. The third-order valence-corrected chi connectivity index (χ3v) is 5.45. The van der Waals surface area contributed by atoms with Gasteiger partial charge in [0.15, 0.2) is 0 Å². The number of ether oxygens (including phenoxy) is 1. The first-order valence-electron chi connectivity index (χ1n) is 6.69. The molecule has 0 aromatic carbocycles. The van der Waals surface area contributed by atoms with E-state index >= 15 is 0 Å². The number of hydrogen-bond donors (Lipinski definition) is 0. The van der Waals surface area contributed by atoms with Crippen LogP contribution in [0.5, 0.6) is 0 Å². The minimum Gasteiger partial charge on any atom is -0.462 e. The van der Waals surface area contributed by atoms with E-state index in [4.69, 9.17) is 4.74 Å². The fourth-order valence-corrected chi connectivity index (χ4v) is 2.71. The molecule has 3 heteroatoms. The van der Waals surface area contributed by atoms with Crippen molar-refractivity contribution in [2.45, 2.75) is 70.4 Å². The van der Waals surface area contributed by atoms with Crippen LogP contribution in [0.3, 0.4) is 0 Å². The maximum absolute atomic E-state index is 12.1. The molecule has 1 aliphatic rings. The summed E-state index contributed by atoms with van der Waals surface area (Å²) in [6.07, 6.45) is 7.09. The van der Waals surface area contributed by atoms with Gasteiger partial charge in [-0.15, -0.1) is 0 Å². The second-order valence-electron chi connectivity index (χ2n) is 5.72. The minimum atomic E-state index is -0.196. The Hall–Kier alpha value is -0.313. The van der Waals surface area contributed by atoms with Gasteiger partial charge in [-0.3, -0.25) is 4.79 Å². The first-order chi connectivity index (χ1) is 7.48. The molecule has 2 atom stereocenters.